The minimum Gasteiger partial charge on any atom is -0.478 e. The molecule has 0 atom stereocenters. The van der Waals surface area contributed by atoms with Crippen molar-refractivity contribution in [1.82, 2.24) is 0 Å². The molecule has 0 bridgehead atoms. The van der Waals surface area contributed by atoms with Crippen LogP contribution >= 0.6 is 0 Å². The third-order valence-electron chi connectivity index (χ3n) is 0.677. The SMILES string of the molecule is CC(=CC(=O)O)C(=O)O.[K]. The molecule has 0 heterocycles. The number of hydrogen-bond acceptors (Lipinski definition) is 2. The Kier molecular flexibility index (Phi) is 7.84. The number of carboxylic acids is 2. The summed E-state index contributed by atoms with van der Waals surface area (Å²) in [6.45, 7) is 1.22. The summed E-state index contributed by atoms with van der Waals surface area (Å²) in [5.41, 5.74) is -0.178. The Morgan fingerprint density at radius 3 is 1.80 bits per heavy atom. The molecule has 10 heavy (non-hydrogen) atoms. The zero-order chi connectivity index (χ0) is 7.44. The van der Waals surface area contributed by atoms with E-state index in [4.69, 9.17) is 10.2 Å². The second kappa shape index (κ2) is 6.05. The van der Waals surface area contributed by atoms with E-state index in [9.17, 15) is 9.59 Å². The number of carboxylic acid groups (broad SMARTS) is 2. The van der Waals surface area contributed by atoms with Crippen LogP contribution in [0.25, 0.3) is 0 Å². The Bertz CT molecular complexity index is 172. The van der Waals surface area contributed by atoms with Crippen molar-refractivity contribution in [2.45, 2.75) is 6.92 Å². The average molecular weight is 169 g/mol. The molecule has 0 aliphatic heterocycles. The summed E-state index contributed by atoms with van der Waals surface area (Å²) < 4.78 is 0. The molecular weight excluding hydrogens is 163 g/mol. The molecule has 0 aromatic heterocycles. The van der Waals surface area contributed by atoms with Gasteiger partial charge in [0, 0.05) is 63.0 Å². The van der Waals surface area contributed by atoms with Crippen molar-refractivity contribution in [3.63, 3.8) is 0 Å². The molecule has 0 fully saturated rings. The average Bonchev–Trinajstić information content (AvgIpc) is 1.63. The molecule has 0 aromatic rings. The van der Waals surface area contributed by atoms with Gasteiger partial charge in [-0.1, -0.05) is 0 Å². The summed E-state index contributed by atoms with van der Waals surface area (Å²) in [5.74, 6) is -2.45. The van der Waals surface area contributed by atoms with Gasteiger partial charge in [-0.2, -0.15) is 0 Å². The molecule has 1 radical (unpaired) electrons. The fourth-order valence-electron chi connectivity index (χ4n) is 0.247. The molecular formula is C5H6KO4. The van der Waals surface area contributed by atoms with E-state index in [-0.39, 0.29) is 57.0 Å². The molecule has 0 aromatic carbocycles. The Morgan fingerprint density at radius 2 is 1.70 bits per heavy atom. The molecule has 0 saturated heterocycles. The fraction of sp³-hybridized carbons (Fsp3) is 0.200. The van der Waals surface area contributed by atoms with Gasteiger partial charge in [0.15, 0.2) is 0 Å². The van der Waals surface area contributed by atoms with E-state index in [2.05, 4.69) is 0 Å². The van der Waals surface area contributed by atoms with Gasteiger partial charge in [-0.25, -0.2) is 9.59 Å². The molecule has 0 spiro atoms. The molecule has 0 aliphatic rings. The van der Waals surface area contributed by atoms with Gasteiger partial charge in [-0.05, 0) is 6.92 Å². The predicted octanol–water partition coefficient (Wildman–Crippen LogP) is -0.279. The molecule has 0 unspecified atom stereocenters. The van der Waals surface area contributed by atoms with E-state index in [1.165, 1.54) is 6.92 Å². The normalized spacial score (nSPS) is 9.90. The van der Waals surface area contributed by atoms with Crippen LogP contribution < -0.4 is 0 Å². The first kappa shape index (κ1) is 12.9. The quantitative estimate of drug-likeness (QED) is 0.440. The fourth-order valence-corrected chi connectivity index (χ4v) is 0.247. The second-order valence-electron chi connectivity index (χ2n) is 1.47. The van der Waals surface area contributed by atoms with Crippen LogP contribution in [0.1, 0.15) is 6.92 Å². The van der Waals surface area contributed by atoms with Crippen molar-refractivity contribution in [2.24, 2.45) is 0 Å². The van der Waals surface area contributed by atoms with Crippen LogP contribution in [0, 0.1) is 0 Å². The van der Waals surface area contributed by atoms with Crippen molar-refractivity contribution >= 4 is 63.3 Å². The van der Waals surface area contributed by atoms with Crippen molar-refractivity contribution in [2.75, 3.05) is 0 Å². The third-order valence-corrected chi connectivity index (χ3v) is 0.677. The van der Waals surface area contributed by atoms with Crippen LogP contribution in [0.3, 0.4) is 0 Å². The summed E-state index contributed by atoms with van der Waals surface area (Å²) in [6.07, 6.45) is 0.641. The van der Waals surface area contributed by atoms with E-state index in [0.717, 1.165) is 0 Å². The molecule has 4 nitrogen and oxygen atoms in total. The Hall–Kier alpha value is 0.316. The van der Waals surface area contributed by atoms with Crippen LogP contribution in [-0.4, -0.2) is 73.5 Å². The Morgan fingerprint density at radius 1 is 1.30 bits per heavy atom. The topological polar surface area (TPSA) is 74.6 Å². The zero-order valence-electron chi connectivity index (χ0n) is 5.79. The minimum atomic E-state index is -1.24. The second-order valence-corrected chi connectivity index (χ2v) is 1.47. The molecule has 0 rings (SSSR count). The van der Waals surface area contributed by atoms with Gasteiger partial charge in [0.05, 0.1) is 0 Å². The minimum absolute atomic E-state index is 0. The predicted molar refractivity (Wildman–Crippen MR) is 34.8 cm³/mol. The van der Waals surface area contributed by atoms with Crippen LogP contribution in [0.4, 0.5) is 0 Å². The van der Waals surface area contributed by atoms with Gasteiger partial charge < -0.3 is 10.2 Å². The van der Waals surface area contributed by atoms with Gasteiger partial charge >= 0.3 is 11.9 Å². The van der Waals surface area contributed by atoms with E-state index in [0.29, 0.717) is 6.08 Å². The first-order valence-electron chi connectivity index (χ1n) is 2.18. The summed E-state index contributed by atoms with van der Waals surface area (Å²) in [7, 11) is 0. The van der Waals surface area contributed by atoms with Crippen LogP contribution in [0.15, 0.2) is 11.6 Å². The summed E-state index contributed by atoms with van der Waals surface area (Å²) in [6, 6.07) is 0. The standard InChI is InChI=1S/C5H6O4.K/c1-3(5(8)9)2-4(6)7;/h2H,1H3,(H,6,7)(H,8,9);. The number of carbonyl (C=O) groups is 2. The van der Waals surface area contributed by atoms with Crippen LogP contribution in [0.5, 0.6) is 0 Å². The molecule has 0 saturated carbocycles. The maximum Gasteiger partial charge on any atom is 0.331 e. The maximum atomic E-state index is 9.90. The smallest absolute Gasteiger partial charge is 0.331 e. The summed E-state index contributed by atoms with van der Waals surface area (Å²) in [4.78, 5) is 19.7. The van der Waals surface area contributed by atoms with Gasteiger partial charge in [0.2, 0.25) is 0 Å². The third kappa shape index (κ3) is 6.44. The van der Waals surface area contributed by atoms with Crippen LogP contribution in [0.2, 0.25) is 0 Å². The molecule has 0 aliphatic carbocycles. The van der Waals surface area contributed by atoms with Crippen molar-refractivity contribution in [3.8, 4) is 0 Å². The van der Waals surface area contributed by atoms with E-state index < -0.39 is 11.9 Å². The van der Waals surface area contributed by atoms with Gasteiger partial charge in [-0.15, -0.1) is 0 Å². The van der Waals surface area contributed by atoms with Crippen LogP contribution in [-0.2, 0) is 9.59 Å². The largest absolute Gasteiger partial charge is 0.478 e. The van der Waals surface area contributed by atoms with E-state index in [1.807, 2.05) is 0 Å². The molecule has 51 valence electrons. The van der Waals surface area contributed by atoms with Crippen molar-refractivity contribution in [3.05, 3.63) is 11.6 Å². The van der Waals surface area contributed by atoms with Crippen molar-refractivity contribution in [1.29, 1.82) is 0 Å². The monoisotopic (exact) mass is 169 g/mol. The van der Waals surface area contributed by atoms with Crippen molar-refractivity contribution < 1.29 is 19.8 Å². The number of aliphatic carboxylic acids is 2. The number of rotatable bonds is 2. The Balaban J connectivity index is 0. The van der Waals surface area contributed by atoms with Gasteiger partial charge in [0.1, 0.15) is 0 Å². The Labute approximate surface area is 100 Å². The summed E-state index contributed by atoms with van der Waals surface area (Å²) >= 11 is 0. The maximum absolute atomic E-state index is 9.90. The molecule has 5 heteroatoms. The van der Waals surface area contributed by atoms with E-state index in [1.54, 1.807) is 0 Å². The van der Waals surface area contributed by atoms with Gasteiger partial charge in [0.25, 0.3) is 0 Å². The first-order valence-corrected chi connectivity index (χ1v) is 2.18. The number of hydrogen-bond donors (Lipinski definition) is 2. The first-order chi connectivity index (χ1) is 4.04. The molecule has 0 amide bonds. The molecule has 2 N–H and O–H groups in total. The zero-order valence-corrected chi connectivity index (χ0v) is 8.91. The van der Waals surface area contributed by atoms with Gasteiger partial charge in [-0.3, -0.25) is 0 Å². The van der Waals surface area contributed by atoms with E-state index >= 15 is 0 Å². The summed E-state index contributed by atoms with van der Waals surface area (Å²) in [5, 5.41) is 16.1.